The quantitative estimate of drug-likeness (QED) is 0.721. The highest BCUT2D eigenvalue weighted by Gasteiger charge is 2.25. The minimum Gasteiger partial charge on any atom is -0.393 e. The van der Waals surface area contributed by atoms with Gasteiger partial charge in [-0.2, -0.15) is 0 Å². The van der Waals surface area contributed by atoms with Crippen LogP contribution in [0.4, 0.5) is 0 Å². The average molecular weight is 299 g/mol. The SMILES string of the molecule is CC=N/C=C(\C)c1ccccc1C(C)CC(O)C1CCCC1. The van der Waals surface area contributed by atoms with Gasteiger partial charge in [0.05, 0.1) is 6.10 Å². The lowest BCUT2D eigenvalue weighted by atomic mass is 9.85. The Balaban J connectivity index is 2.13. The van der Waals surface area contributed by atoms with Crippen molar-refractivity contribution in [3.05, 3.63) is 41.6 Å². The maximum absolute atomic E-state index is 10.5. The monoisotopic (exact) mass is 299 g/mol. The molecular weight excluding hydrogens is 270 g/mol. The Labute approximate surface area is 135 Å². The Bertz CT molecular complexity index is 526. The Morgan fingerprint density at radius 3 is 2.68 bits per heavy atom. The van der Waals surface area contributed by atoms with Gasteiger partial charge < -0.3 is 5.11 Å². The van der Waals surface area contributed by atoms with Crippen LogP contribution in [-0.2, 0) is 0 Å². The molecule has 1 N–H and O–H groups in total. The summed E-state index contributed by atoms with van der Waals surface area (Å²) in [7, 11) is 0. The summed E-state index contributed by atoms with van der Waals surface area (Å²) in [6.45, 7) is 6.26. The van der Waals surface area contributed by atoms with Gasteiger partial charge in [0.1, 0.15) is 0 Å². The van der Waals surface area contributed by atoms with E-state index >= 15 is 0 Å². The van der Waals surface area contributed by atoms with Gasteiger partial charge in [-0.05, 0) is 61.6 Å². The highest BCUT2D eigenvalue weighted by molar-refractivity contribution is 5.68. The molecule has 2 atom stereocenters. The van der Waals surface area contributed by atoms with Crippen molar-refractivity contribution in [1.29, 1.82) is 0 Å². The predicted molar refractivity (Wildman–Crippen MR) is 95.3 cm³/mol. The van der Waals surface area contributed by atoms with Crippen molar-refractivity contribution in [3.63, 3.8) is 0 Å². The second kappa shape index (κ2) is 8.28. The summed E-state index contributed by atoms with van der Waals surface area (Å²) in [5, 5.41) is 10.5. The zero-order valence-corrected chi connectivity index (χ0v) is 14.1. The van der Waals surface area contributed by atoms with Crippen molar-refractivity contribution < 1.29 is 5.11 Å². The van der Waals surface area contributed by atoms with E-state index in [1.54, 1.807) is 6.21 Å². The third kappa shape index (κ3) is 4.30. The molecule has 0 spiro atoms. The minimum atomic E-state index is -0.163. The molecule has 22 heavy (non-hydrogen) atoms. The zero-order valence-electron chi connectivity index (χ0n) is 14.1. The fourth-order valence-corrected chi connectivity index (χ4v) is 3.57. The van der Waals surface area contributed by atoms with Gasteiger partial charge in [-0.15, -0.1) is 0 Å². The van der Waals surface area contributed by atoms with Crippen molar-refractivity contribution in [2.24, 2.45) is 10.9 Å². The van der Waals surface area contributed by atoms with Gasteiger partial charge in [-0.1, -0.05) is 44.0 Å². The maximum Gasteiger partial charge on any atom is 0.0574 e. The first-order valence-electron chi connectivity index (χ1n) is 8.55. The fourth-order valence-electron chi connectivity index (χ4n) is 3.57. The average Bonchev–Trinajstić information content (AvgIpc) is 3.07. The van der Waals surface area contributed by atoms with Gasteiger partial charge in [-0.25, -0.2) is 0 Å². The van der Waals surface area contributed by atoms with Gasteiger partial charge in [0.25, 0.3) is 0 Å². The Morgan fingerprint density at radius 2 is 2.00 bits per heavy atom. The Hall–Kier alpha value is -1.41. The van der Waals surface area contributed by atoms with Gasteiger partial charge >= 0.3 is 0 Å². The van der Waals surface area contributed by atoms with Gasteiger partial charge in [0, 0.05) is 12.4 Å². The molecule has 0 aromatic heterocycles. The van der Waals surface area contributed by atoms with Crippen LogP contribution in [0.3, 0.4) is 0 Å². The lowest BCUT2D eigenvalue weighted by Gasteiger charge is -2.23. The van der Waals surface area contributed by atoms with E-state index in [2.05, 4.69) is 43.1 Å². The van der Waals surface area contributed by atoms with E-state index in [1.165, 1.54) is 42.4 Å². The third-order valence-electron chi connectivity index (χ3n) is 4.87. The normalized spacial score (nSPS) is 19.7. The number of aliphatic hydroxyl groups is 1. The van der Waals surface area contributed by atoms with Crippen molar-refractivity contribution >= 4 is 11.8 Å². The highest BCUT2D eigenvalue weighted by atomic mass is 16.3. The molecule has 0 amide bonds. The summed E-state index contributed by atoms with van der Waals surface area (Å²) < 4.78 is 0. The van der Waals surface area contributed by atoms with E-state index in [9.17, 15) is 5.11 Å². The number of rotatable bonds is 6. The van der Waals surface area contributed by atoms with Crippen LogP contribution in [0.1, 0.15) is 69.9 Å². The van der Waals surface area contributed by atoms with Crippen molar-refractivity contribution in [1.82, 2.24) is 0 Å². The Kier molecular flexibility index (Phi) is 6.38. The molecule has 2 rings (SSSR count). The first-order chi connectivity index (χ1) is 10.6. The molecule has 1 fully saturated rings. The second-order valence-corrected chi connectivity index (χ2v) is 6.56. The number of hydrogen-bond acceptors (Lipinski definition) is 2. The van der Waals surface area contributed by atoms with Crippen LogP contribution in [0.25, 0.3) is 5.57 Å². The van der Waals surface area contributed by atoms with Crippen LogP contribution in [0.15, 0.2) is 35.5 Å². The van der Waals surface area contributed by atoms with E-state index in [4.69, 9.17) is 0 Å². The summed E-state index contributed by atoms with van der Waals surface area (Å²) in [6, 6.07) is 8.51. The second-order valence-electron chi connectivity index (χ2n) is 6.56. The summed E-state index contributed by atoms with van der Waals surface area (Å²) in [5.41, 5.74) is 3.75. The zero-order chi connectivity index (χ0) is 15.9. The lowest BCUT2D eigenvalue weighted by Crippen LogP contribution is -2.20. The van der Waals surface area contributed by atoms with Gasteiger partial charge in [-0.3, -0.25) is 4.99 Å². The van der Waals surface area contributed by atoms with Crippen molar-refractivity contribution in [2.75, 3.05) is 0 Å². The minimum absolute atomic E-state index is 0.163. The number of nitrogens with zero attached hydrogens (tertiary/aromatic N) is 1. The van der Waals surface area contributed by atoms with Gasteiger partial charge in [0.2, 0.25) is 0 Å². The smallest absolute Gasteiger partial charge is 0.0574 e. The summed E-state index contributed by atoms with van der Waals surface area (Å²) >= 11 is 0. The number of aliphatic hydroxyl groups excluding tert-OH is 1. The van der Waals surface area contributed by atoms with E-state index in [0.29, 0.717) is 11.8 Å². The number of aliphatic imine (C=N–C) groups is 1. The topological polar surface area (TPSA) is 32.6 Å². The molecule has 0 bridgehead atoms. The van der Waals surface area contributed by atoms with E-state index in [-0.39, 0.29) is 6.10 Å². The molecule has 1 saturated carbocycles. The van der Waals surface area contributed by atoms with Crippen LogP contribution < -0.4 is 0 Å². The van der Waals surface area contributed by atoms with Crippen LogP contribution >= 0.6 is 0 Å². The molecular formula is C20H29NO. The molecule has 1 aliphatic rings. The lowest BCUT2D eigenvalue weighted by molar-refractivity contribution is 0.0958. The molecule has 2 heteroatoms. The molecule has 1 aromatic carbocycles. The van der Waals surface area contributed by atoms with E-state index in [1.807, 2.05) is 13.1 Å². The molecule has 0 saturated heterocycles. The highest BCUT2D eigenvalue weighted by Crippen LogP contribution is 2.34. The summed E-state index contributed by atoms with van der Waals surface area (Å²) in [4.78, 5) is 4.24. The Morgan fingerprint density at radius 1 is 1.32 bits per heavy atom. The number of benzene rings is 1. The first-order valence-corrected chi connectivity index (χ1v) is 8.55. The summed E-state index contributed by atoms with van der Waals surface area (Å²) in [6.07, 6.45) is 9.36. The molecule has 1 aromatic rings. The summed E-state index contributed by atoms with van der Waals surface area (Å²) in [5.74, 6) is 0.872. The van der Waals surface area contributed by atoms with E-state index in [0.717, 1.165) is 6.42 Å². The molecule has 2 unspecified atom stereocenters. The molecule has 120 valence electrons. The van der Waals surface area contributed by atoms with Crippen LogP contribution in [-0.4, -0.2) is 17.4 Å². The number of allylic oxidation sites excluding steroid dienone is 1. The molecule has 0 heterocycles. The van der Waals surface area contributed by atoms with E-state index < -0.39 is 0 Å². The first kappa shape index (κ1) is 17.0. The molecule has 0 aliphatic heterocycles. The third-order valence-corrected chi connectivity index (χ3v) is 4.87. The largest absolute Gasteiger partial charge is 0.393 e. The standard InChI is InChI=1S/C20H29NO/c1-4-21-14-16(3)19-12-8-7-11-18(19)15(2)13-20(22)17-9-5-6-10-17/h4,7-8,11-12,14-15,17,20,22H,5-6,9-10,13H2,1-3H3/b16-14+,21-4?. The van der Waals surface area contributed by atoms with Gasteiger partial charge in [0.15, 0.2) is 0 Å². The predicted octanol–water partition coefficient (Wildman–Crippen LogP) is 5.18. The number of hydrogen-bond donors (Lipinski definition) is 1. The van der Waals surface area contributed by atoms with Crippen LogP contribution in [0.5, 0.6) is 0 Å². The van der Waals surface area contributed by atoms with Crippen molar-refractivity contribution in [3.8, 4) is 0 Å². The van der Waals surface area contributed by atoms with Crippen molar-refractivity contribution in [2.45, 2.75) is 64.9 Å². The van der Waals surface area contributed by atoms with Crippen LogP contribution in [0.2, 0.25) is 0 Å². The maximum atomic E-state index is 10.5. The molecule has 0 radical (unpaired) electrons. The molecule has 1 aliphatic carbocycles. The van der Waals surface area contributed by atoms with Crippen LogP contribution in [0, 0.1) is 5.92 Å². The fraction of sp³-hybridized carbons (Fsp3) is 0.550. The molecule has 2 nitrogen and oxygen atoms in total.